The predicted octanol–water partition coefficient (Wildman–Crippen LogP) is -0.314. The molecule has 1 rings (SSSR count). The molecule has 1 heterocycles. The van der Waals surface area contributed by atoms with Gasteiger partial charge in [0, 0.05) is 0 Å². The molecular weight excluding hydrogens is 132 g/mol. The molecule has 0 aromatic heterocycles. The minimum Gasteiger partial charge on any atom is -0.393 e. The highest BCUT2D eigenvalue weighted by molar-refractivity contribution is 5.15. The molecule has 0 bridgehead atoms. The van der Waals surface area contributed by atoms with Crippen molar-refractivity contribution < 1.29 is 14.9 Å². The Hall–Kier alpha value is -0.380. The van der Waals surface area contributed by atoms with Crippen molar-refractivity contribution in [2.45, 2.75) is 12.5 Å². The van der Waals surface area contributed by atoms with Crippen LogP contribution in [0.15, 0.2) is 11.6 Å². The quantitative estimate of drug-likeness (QED) is 0.522. The number of hydrogen-bond donors (Lipinski definition) is 2. The first-order valence-corrected chi connectivity index (χ1v) is 3.26. The lowest BCUT2D eigenvalue weighted by molar-refractivity contribution is -0.0528. The third-order valence-corrected chi connectivity index (χ3v) is 1.63. The van der Waals surface area contributed by atoms with Crippen LogP contribution in [0.4, 0.5) is 0 Å². The zero-order valence-corrected chi connectivity index (χ0v) is 6.00. The molecule has 0 unspecified atom stereocenters. The maximum absolute atomic E-state index is 8.80. The van der Waals surface area contributed by atoms with Crippen molar-refractivity contribution in [2.24, 2.45) is 0 Å². The number of rotatable bonds is 2. The van der Waals surface area contributed by atoms with Crippen LogP contribution in [0.25, 0.3) is 0 Å². The number of ether oxygens (including phenoxy) is 1. The molecule has 1 aliphatic rings. The zero-order chi connectivity index (χ0) is 7.61. The molecule has 0 radical (unpaired) electrons. The summed E-state index contributed by atoms with van der Waals surface area (Å²) in [7, 11) is 0. The van der Waals surface area contributed by atoms with Gasteiger partial charge in [0.1, 0.15) is 5.60 Å². The first kappa shape index (κ1) is 7.72. The van der Waals surface area contributed by atoms with E-state index < -0.39 is 5.60 Å². The van der Waals surface area contributed by atoms with Crippen LogP contribution in [0.2, 0.25) is 0 Å². The monoisotopic (exact) mass is 144 g/mol. The van der Waals surface area contributed by atoms with Crippen LogP contribution in [-0.2, 0) is 4.74 Å². The maximum atomic E-state index is 8.80. The Balaban J connectivity index is 2.68. The average molecular weight is 144 g/mol. The Morgan fingerprint density at radius 1 is 1.60 bits per heavy atom. The molecule has 2 N–H and O–H groups in total. The predicted molar refractivity (Wildman–Crippen MR) is 36.6 cm³/mol. The summed E-state index contributed by atoms with van der Waals surface area (Å²) in [6, 6.07) is 0. The van der Waals surface area contributed by atoms with Crippen LogP contribution in [0.3, 0.4) is 0 Å². The van der Waals surface area contributed by atoms with Crippen molar-refractivity contribution in [3.8, 4) is 0 Å². The molecule has 0 amide bonds. The Morgan fingerprint density at radius 2 is 2.20 bits per heavy atom. The molecule has 10 heavy (non-hydrogen) atoms. The third kappa shape index (κ3) is 1.21. The molecule has 0 aromatic rings. The Kier molecular flexibility index (Phi) is 2.08. The summed E-state index contributed by atoms with van der Waals surface area (Å²) in [5.41, 5.74) is 0.257. The highest BCUT2D eigenvalue weighted by Crippen LogP contribution is 2.21. The molecule has 58 valence electrons. The average Bonchev–Trinajstić information content (AvgIpc) is 2.33. The van der Waals surface area contributed by atoms with E-state index in [4.69, 9.17) is 14.9 Å². The fourth-order valence-electron chi connectivity index (χ4n) is 1.02. The third-order valence-electron chi connectivity index (χ3n) is 1.63. The Morgan fingerprint density at radius 3 is 2.40 bits per heavy atom. The summed E-state index contributed by atoms with van der Waals surface area (Å²) in [6.07, 6.45) is 1.77. The molecular formula is C7H12O3. The second-order valence-corrected chi connectivity index (χ2v) is 2.66. The van der Waals surface area contributed by atoms with E-state index in [1.165, 1.54) is 0 Å². The SMILES string of the molecule is CC1=CC(CO)(CO)OC1. The molecule has 1 aliphatic heterocycles. The normalized spacial score (nSPS) is 22.9. The topological polar surface area (TPSA) is 49.7 Å². The van der Waals surface area contributed by atoms with Gasteiger partial charge in [-0.3, -0.25) is 0 Å². The van der Waals surface area contributed by atoms with Gasteiger partial charge >= 0.3 is 0 Å². The van der Waals surface area contributed by atoms with Crippen molar-refractivity contribution in [2.75, 3.05) is 19.8 Å². The highest BCUT2D eigenvalue weighted by Gasteiger charge is 2.31. The van der Waals surface area contributed by atoms with Crippen molar-refractivity contribution in [1.82, 2.24) is 0 Å². The summed E-state index contributed by atoms with van der Waals surface area (Å²) in [6.45, 7) is 2.12. The molecule has 3 heteroatoms. The van der Waals surface area contributed by atoms with Gasteiger partial charge in [0.25, 0.3) is 0 Å². The summed E-state index contributed by atoms with van der Waals surface area (Å²) in [4.78, 5) is 0. The second-order valence-electron chi connectivity index (χ2n) is 2.66. The smallest absolute Gasteiger partial charge is 0.133 e. The van der Waals surface area contributed by atoms with Gasteiger partial charge < -0.3 is 14.9 Å². The Labute approximate surface area is 59.9 Å². The van der Waals surface area contributed by atoms with Gasteiger partial charge in [-0.1, -0.05) is 0 Å². The molecule has 0 fully saturated rings. The lowest BCUT2D eigenvalue weighted by atomic mass is 10.1. The summed E-state index contributed by atoms with van der Waals surface area (Å²) in [5, 5.41) is 17.6. The minimum absolute atomic E-state index is 0.152. The minimum atomic E-state index is -0.802. The standard InChI is InChI=1S/C7H12O3/c1-6-2-7(4-8,5-9)10-3-6/h2,8-9H,3-5H2,1H3. The number of hydrogen-bond acceptors (Lipinski definition) is 3. The van der Waals surface area contributed by atoms with Crippen molar-refractivity contribution >= 4 is 0 Å². The van der Waals surface area contributed by atoms with Gasteiger partial charge in [0.2, 0.25) is 0 Å². The largest absolute Gasteiger partial charge is 0.393 e. The van der Waals surface area contributed by atoms with Crippen molar-refractivity contribution in [3.05, 3.63) is 11.6 Å². The number of aliphatic hydroxyl groups excluding tert-OH is 2. The van der Waals surface area contributed by atoms with Gasteiger partial charge in [-0.25, -0.2) is 0 Å². The van der Waals surface area contributed by atoms with E-state index in [0.717, 1.165) is 5.57 Å². The van der Waals surface area contributed by atoms with E-state index in [9.17, 15) is 0 Å². The van der Waals surface area contributed by atoms with Crippen LogP contribution < -0.4 is 0 Å². The lowest BCUT2D eigenvalue weighted by Gasteiger charge is -2.20. The van der Waals surface area contributed by atoms with Crippen molar-refractivity contribution in [3.63, 3.8) is 0 Å². The summed E-state index contributed by atoms with van der Waals surface area (Å²) in [5.74, 6) is 0. The van der Waals surface area contributed by atoms with E-state index in [1.807, 2.05) is 6.92 Å². The highest BCUT2D eigenvalue weighted by atomic mass is 16.5. The van der Waals surface area contributed by atoms with Crippen LogP contribution >= 0.6 is 0 Å². The summed E-state index contributed by atoms with van der Waals surface area (Å²) >= 11 is 0. The van der Waals surface area contributed by atoms with Gasteiger partial charge in [0.15, 0.2) is 0 Å². The van der Waals surface area contributed by atoms with Crippen LogP contribution in [0.5, 0.6) is 0 Å². The molecule has 0 atom stereocenters. The Bertz CT molecular complexity index is 147. The van der Waals surface area contributed by atoms with Gasteiger partial charge in [0.05, 0.1) is 19.8 Å². The number of aliphatic hydroxyl groups is 2. The lowest BCUT2D eigenvalue weighted by Crippen LogP contribution is -2.35. The maximum Gasteiger partial charge on any atom is 0.133 e. The van der Waals surface area contributed by atoms with Crippen LogP contribution in [0, 0.1) is 0 Å². The van der Waals surface area contributed by atoms with E-state index >= 15 is 0 Å². The first-order chi connectivity index (χ1) is 4.72. The van der Waals surface area contributed by atoms with Gasteiger partial charge in [-0.05, 0) is 18.6 Å². The molecule has 0 spiro atoms. The van der Waals surface area contributed by atoms with Crippen molar-refractivity contribution in [1.29, 1.82) is 0 Å². The fourth-order valence-corrected chi connectivity index (χ4v) is 1.02. The first-order valence-electron chi connectivity index (χ1n) is 3.26. The molecule has 0 aliphatic carbocycles. The van der Waals surface area contributed by atoms with Crippen LogP contribution in [-0.4, -0.2) is 35.6 Å². The molecule has 0 aromatic carbocycles. The zero-order valence-electron chi connectivity index (χ0n) is 6.00. The summed E-state index contributed by atoms with van der Waals surface area (Å²) < 4.78 is 5.16. The molecule has 3 nitrogen and oxygen atoms in total. The fraction of sp³-hybridized carbons (Fsp3) is 0.714. The second kappa shape index (κ2) is 2.70. The van der Waals surface area contributed by atoms with E-state index in [1.54, 1.807) is 6.08 Å². The van der Waals surface area contributed by atoms with E-state index in [0.29, 0.717) is 6.61 Å². The van der Waals surface area contributed by atoms with E-state index in [2.05, 4.69) is 0 Å². The molecule has 0 saturated carbocycles. The van der Waals surface area contributed by atoms with Gasteiger partial charge in [-0.15, -0.1) is 0 Å². The van der Waals surface area contributed by atoms with Gasteiger partial charge in [-0.2, -0.15) is 0 Å². The van der Waals surface area contributed by atoms with Crippen LogP contribution in [0.1, 0.15) is 6.92 Å². The molecule has 0 saturated heterocycles. The van der Waals surface area contributed by atoms with E-state index in [-0.39, 0.29) is 13.2 Å².